The van der Waals surface area contributed by atoms with Crippen molar-refractivity contribution in [2.24, 2.45) is 0 Å². The van der Waals surface area contributed by atoms with Crippen molar-refractivity contribution in [2.75, 3.05) is 26.2 Å². The van der Waals surface area contributed by atoms with Gasteiger partial charge < -0.3 is 15.2 Å². The number of nitrogens with one attached hydrogen (secondary N) is 2. The van der Waals surface area contributed by atoms with Crippen molar-refractivity contribution < 1.29 is 0 Å². The van der Waals surface area contributed by atoms with Gasteiger partial charge in [0.05, 0.1) is 5.52 Å². The highest BCUT2D eigenvalue weighted by atomic mass is 15.1. The van der Waals surface area contributed by atoms with Crippen molar-refractivity contribution >= 4 is 11.2 Å². The third kappa shape index (κ3) is 3.77. The number of hydrogen-bond acceptors (Lipinski definition) is 4. The summed E-state index contributed by atoms with van der Waals surface area (Å²) in [6.07, 6.45) is 3.01. The van der Waals surface area contributed by atoms with Crippen molar-refractivity contribution in [3.05, 3.63) is 23.7 Å². The Balaban J connectivity index is 1.81. The predicted molar refractivity (Wildman–Crippen MR) is 82.7 cm³/mol. The molecule has 0 saturated heterocycles. The largest absolute Gasteiger partial charge is 0.341 e. The van der Waals surface area contributed by atoms with Crippen LogP contribution in [0.5, 0.6) is 0 Å². The van der Waals surface area contributed by atoms with Gasteiger partial charge in [-0.2, -0.15) is 0 Å². The number of aromatic nitrogens is 3. The summed E-state index contributed by atoms with van der Waals surface area (Å²) in [5.74, 6) is 0.918. The molecule has 0 aliphatic heterocycles. The number of nitrogens with zero attached hydrogens (tertiary/aromatic N) is 3. The second-order valence-electron chi connectivity index (χ2n) is 5.05. The van der Waals surface area contributed by atoms with Crippen LogP contribution < -0.4 is 5.32 Å². The summed E-state index contributed by atoms with van der Waals surface area (Å²) in [5.41, 5.74) is 3.10. The molecule has 2 aromatic heterocycles. The van der Waals surface area contributed by atoms with Crippen molar-refractivity contribution in [3.8, 4) is 0 Å². The van der Waals surface area contributed by atoms with E-state index >= 15 is 0 Å². The van der Waals surface area contributed by atoms with Crippen molar-refractivity contribution in [3.63, 3.8) is 0 Å². The maximum atomic E-state index is 4.36. The highest BCUT2D eigenvalue weighted by Crippen LogP contribution is 2.13. The fourth-order valence-corrected chi connectivity index (χ4v) is 2.42. The molecule has 2 aromatic rings. The molecular formula is C15H25N5. The molecule has 5 heteroatoms. The highest BCUT2D eigenvalue weighted by Gasteiger charge is 2.05. The number of fused-ring (bicyclic) bond motifs is 1. The first-order valence-corrected chi connectivity index (χ1v) is 7.47. The Bertz CT molecular complexity index is 530. The van der Waals surface area contributed by atoms with E-state index in [1.807, 2.05) is 13.1 Å². The summed E-state index contributed by atoms with van der Waals surface area (Å²) in [6.45, 7) is 11.7. The van der Waals surface area contributed by atoms with Crippen molar-refractivity contribution in [1.29, 1.82) is 0 Å². The van der Waals surface area contributed by atoms with Gasteiger partial charge in [-0.15, -0.1) is 0 Å². The molecule has 110 valence electrons. The van der Waals surface area contributed by atoms with Crippen LogP contribution in [0.25, 0.3) is 11.2 Å². The van der Waals surface area contributed by atoms with Crippen LogP contribution in [-0.4, -0.2) is 46.0 Å². The van der Waals surface area contributed by atoms with E-state index in [-0.39, 0.29) is 0 Å². The molecule has 2 rings (SSSR count). The SMILES string of the molecule is CCN(CC)CCCNCc1ccnc2nc(C)[nH]c12. The van der Waals surface area contributed by atoms with Crippen LogP contribution >= 0.6 is 0 Å². The summed E-state index contributed by atoms with van der Waals surface area (Å²) in [5, 5.41) is 3.50. The lowest BCUT2D eigenvalue weighted by Gasteiger charge is -2.17. The lowest BCUT2D eigenvalue weighted by molar-refractivity contribution is 0.298. The fourth-order valence-electron chi connectivity index (χ4n) is 2.42. The molecule has 0 aromatic carbocycles. The maximum absolute atomic E-state index is 4.36. The molecule has 5 nitrogen and oxygen atoms in total. The molecular weight excluding hydrogens is 250 g/mol. The van der Waals surface area contributed by atoms with E-state index < -0.39 is 0 Å². The second-order valence-corrected chi connectivity index (χ2v) is 5.05. The molecule has 20 heavy (non-hydrogen) atoms. The molecule has 0 radical (unpaired) electrons. The third-order valence-electron chi connectivity index (χ3n) is 3.63. The lowest BCUT2D eigenvalue weighted by atomic mass is 10.2. The third-order valence-corrected chi connectivity index (χ3v) is 3.63. The van der Waals surface area contributed by atoms with E-state index in [0.717, 1.165) is 49.7 Å². The van der Waals surface area contributed by atoms with Gasteiger partial charge >= 0.3 is 0 Å². The van der Waals surface area contributed by atoms with Gasteiger partial charge in [0, 0.05) is 12.7 Å². The van der Waals surface area contributed by atoms with Gasteiger partial charge in [0.2, 0.25) is 0 Å². The number of hydrogen-bond donors (Lipinski definition) is 2. The Morgan fingerprint density at radius 2 is 2.10 bits per heavy atom. The first-order chi connectivity index (χ1) is 9.74. The Hall–Kier alpha value is -1.46. The molecule has 0 spiro atoms. The average molecular weight is 275 g/mol. The Kier molecular flexibility index (Phi) is 5.49. The minimum atomic E-state index is 0.810. The van der Waals surface area contributed by atoms with E-state index in [0.29, 0.717) is 0 Å². The number of aryl methyl sites for hydroxylation is 1. The van der Waals surface area contributed by atoms with Gasteiger partial charge in [-0.1, -0.05) is 13.8 Å². The minimum Gasteiger partial charge on any atom is -0.341 e. The highest BCUT2D eigenvalue weighted by molar-refractivity contribution is 5.74. The first kappa shape index (κ1) is 14.9. The maximum Gasteiger partial charge on any atom is 0.177 e. The average Bonchev–Trinajstić information content (AvgIpc) is 2.84. The molecule has 0 bridgehead atoms. The van der Waals surface area contributed by atoms with Gasteiger partial charge in [-0.05, 0) is 51.2 Å². The minimum absolute atomic E-state index is 0.810. The Morgan fingerprint density at radius 3 is 2.85 bits per heavy atom. The fraction of sp³-hybridized carbons (Fsp3) is 0.600. The van der Waals surface area contributed by atoms with Crippen LogP contribution in [0.2, 0.25) is 0 Å². The number of aromatic amines is 1. The van der Waals surface area contributed by atoms with Crippen LogP contribution in [0.15, 0.2) is 12.3 Å². The smallest absolute Gasteiger partial charge is 0.177 e. The molecule has 0 aliphatic carbocycles. The van der Waals surface area contributed by atoms with E-state index in [4.69, 9.17) is 0 Å². The zero-order valence-corrected chi connectivity index (χ0v) is 12.7. The molecule has 0 unspecified atom stereocenters. The van der Waals surface area contributed by atoms with Crippen LogP contribution in [0.3, 0.4) is 0 Å². The topological polar surface area (TPSA) is 56.8 Å². The number of H-pyrrole nitrogens is 1. The molecule has 0 aliphatic rings. The lowest BCUT2D eigenvalue weighted by Crippen LogP contribution is -2.27. The first-order valence-electron chi connectivity index (χ1n) is 7.47. The molecule has 0 saturated carbocycles. The number of pyridine rings is 1. The van der Waals surface area contributed by atoms with Gasteiger partial charge in [0.15, 0.2) is 5.65 Å². The van der Waals surface area contributed by atoms with Crippen LogP contribution in [-0.2, 0) is 6.54 Å². The predicted octanol–water partition coefficient (Wildman–Crippen LogP) is 2.09. The normalized spacial score (nSPS) is 11.6. The van der Waals surface area contributed by atoms with Crippen molar-refractivity contribution in [2.45, 2.75) is 33.7 Å². The van der Waals surface area contributed by atoms with Crippen LogP contribution in [0.4, 0.5) is 0 Å². The van der Waals surface area contributed by atoms with Gasteiger partial charge in [-0.25, -0.2) is 9.97 Å². The summed E-state index contributed by atoms with van der Waals surface area (Å²) in [6, 6.07) is 2.05. The summed E-state index contributed by atoms with van der Waals surface area (Å²) in [7, 11) is 0. The molecule has 0 atom stereocenters. The van der Waals surface area contributed by atoms with Crippen LogP contribution in [0.1, 0.15) is 31.7 Å². The molecule has 0 fully saturated rings. The summed E-state index contributed by atoms with van der Waals surface area (Å²) >= 11 is 0. The molecule has 0 amide bonds. The zero-order valence-electron chi connectivity index (χ0n) is 12.7. The quantitative estimate of drug-likeness (QED) is 0.724. The van der Waals surface area contributed by atoms with Gasteiger partial charge in [-0.3, -0.25) is 0 Å². The van der Waals surface area contributed by atoms with E-state index in [9.17, 15) is 0 Å². The monoisotopic (exact) mass is 275 g/mol. The van der Waals surface area contributed by atoms with E-state index in [1.165, 1.54) is 12.0 Å². The summed E-state index contributed by atoms with van der Waals surface area (Å²) < 4.78 is 0. The zero-order chi connectivity index (χ0) is 14.4. The van der Waals surface area contributed by atoms with E-state index in [2.05, 4.69) is 45.1 Å². The Labute approximate surface area is 120 Å². The van der Waals surface area contributed by atoms with Gasteiger partial charge in [0.25, 0.3) is 0 Å². The van der Waals surface area contributed by atoms with Crippen LogP contribution in [0, 0.1) is 6.92 Å². The Morgan fingerprint density at radius 1 is 1.30 bits per heavy atom. The van der Waals surface area contributed by atoms with Crippen molar-refractivity contribution in [1.82, 2.24) is 25.2 Å². The number of rotatable bonds is 8. The molecule has 2 N–H and O–H groups in total. The number of imidazole rings is 1. The summed E-state index contributed by atoms with van der Waals surface area (Å²) in [4.78, 5) is 14.4. The van der Waals surface area contributed by atoms with Gasteiger partial charge in [0.1, 0.15) is 5.82 Å². The standard InChI is InChI=1S/C15H25N5/c1-4-20(5-2)10-6-8-16-11-13-7-9-17-15-14(13)18-12(3)19-15/h7,9,16H,4-6,8,10-11H2,1-3H3,(H,17,18,19). The second kappa shape index (κ2) is 7.36. The van der Waals surface area contributed by atoms with E-state index in [1.54, 1.807) is 0 Å². The molecule has 2 heterocycles.